The van der Waals surface area contributed by atoms with Gasteiger partial charge in [-0.05, 0) is 47.7 Å². The Labute approximate surface area is 102 Å². The molecule has 0 saturated heterocycles. The van der Waals surface area contributed by atoms with Crippen LogP contribution in [0.1, 0.15) is 5.76 Å². The molecule has 0 bridgehead atoms. The molecule has 0 saturated carbocycles. The summed E-state index contributed by atoms with van der Waals surface area (Å²) in [5.74, 6) is 2.33. The molecule has 78 valence electrons. The molecule has 0 radical (unpaired) electrons. The van der Waals surface area contributed by atoms with Crippen molar-refractivity contribution in [3.05, 3.63) is 33.7 Å². The lowest BCUT2D eigenvalue weighted by molar-refractivity contribution is 0.412. The fraction of sp³-hybridized carbons (Fsp3) is 0.182. The number of aryl methyl sites for hydroxylation is 1. The Morgan fingerprint density at radius 2 is 2.20 bits per heavy atom. The van der Waals surface area contributed by atoms with Crippen LogP contribution in [0.4, 0.5) is 0 Å². The second kappa shape index (κ2) is 4.22. The number of halogens is 1. The lowest BCUT2D eigenvalue weighted by atomic mass is 10.2. The van der Waals surface area contributed by atoms with Crippen molar-refractivity contribution in [1.82, 2.24) is 4.98 Å². The van der Waals surface area contributed by atoms with E-state index in [-0.39, 0.29) is 0 Å². The van der Waals surface area contributed by atoms with Crippen LogP contribution in [0.3, 0.4) is 0 Å². The van der Waals surface area contributed by atoms with Crippen molar-refractivity contribution in [3.63, 3.8) is 0 Å². The third kappa shape index (κ3) is 2.14. The Morgan fingerprint density at radius 3 is 2.73 bits per heavy atom. The first-order chi connectivity index (χ1) is 7.20. The summed E-state index contributed by atoms with van der Waals surface area (Å²) in [5, 5.41) is 0. The van der Waals surface area contributed by atoms with Crippen LogP contribution in [0, 0.1) is 10.5 Å². The highest BCUT2D eigenvalue weighted by Crippen LogP contribution is 2.27. The molecule has 0 fully saturated rings. The molecule has 0 atom stereocenters. The predicted octanol–water partition coefficient (Wildman–Crippen LogP) is 3.26. The molecule has 0 aliphatic carbocycles. The molecule has 0 spiro atoms. The van der Waals surface area contributed by atoms with Gasteiger partial charge in [0, 0.05) is 5.56 Å². The molecule has 1 aromatic carbocycles. The molecule has 0 aliphatic heterocycles. The van der Waals surface area contributed by atoms with Crippen molar-refractivity contribution in [2.45, 2.75) is 6.92 Å². The van der Waals surface area contributed by atoms with Gasteiger partial charge < -0.3 is 9.15 Å². The minimum Gasteiger partial charge on any atom is -0.496 e. The third-order valence-corrected chi connectivity index (χ3v) is 2.86. The molecule has 0 aliphatic rings. The van der Waals surface area contributed by atoms with E-state index in [1.54, 1.807) is 13.3 Å². The van der Waals surface area contributed by atoms with E-state index in [1.165, 1.54) is 0 Å². The second-order valence-electron chi connectivity index (χ2n) is 3.13. The van der Waals surface area contributed by atoms with Crippen molar-refractivity contribution >= 4 is 22.6 Å². The van der Waals surface area contributed by atoms with Gasteiger partial charge >= 0.3 is 0 Å². The minimum atomic E-state index is 0.646. The van der Waals surface area contributed by atoms with Gasteiger partial charge in [-0.2, -0.15) is 0 Å². The van der Waals surface area contributed by atoms with Gasteiger partial charge in [0.15, 0.2) is 0 Å². The average molecular weight is 315 g/mol. The standard InChI is InChI=1S/C11H10INO2/c1-7-6-13-11(15-7)8-3-4-10(14-2)9(12)5-8/h3-6H,1-2H3. The minimum absolute atomic E-state index is 0.646. The highest BCUT2D eigenvalue weighted by atomic mass is 127. The van der Waals surface area contributed by atoms with Crippen molar-refractivity contribution in [3.8, 4) is 17.2 Å². The molecule has 1 heterocycles. The number of ether oxygens (including phenoxy) is 1. The van der Waals surface area contributed by atoms with Gasteiger partial charge in [0.05, 0.1) is 16.9 Å². The van der Waals surface area contributed by atoms with Crippen LogP contribution < -0.4 is 4.74 Å². The summed E-state index contributed by atoms with van der Waals surface area (Å²) in [6.45, 7) is 1.88. The summed E-state index contributed by atoms with van der Waals surface area (Å²) in [5.41, 5.74) is 0.966. The summed E-state index contributed by atoms with van der Waals surface area (Å²) in [6, 6.07) is 5.84. The van der Waals surface area contributed by atoms with E-state index >= 15 is 0 Å². The molecule has 1 aromatic heterocycles. The van der Waals surface area contributed by atoms with Crippen molar-refractivity contribution in [1.29, 1.82) is 0 Å². The quantitative estimate of drug-likeness (QED) is 0.798. The highest BCUT2D eigenvalue weighted by Gasteiger charge is 2.07. The van der Waals surface area contributed by atoms with Crippen molar-refractivity contribution in [2.24, 2.45) is 0 Å². The summed E-state index contributed by atoms with van der Waals surface area (Å²) in [7, 11) is 1.66. The van der Waals surface area contributed by atoms with Crippen LogP contribution in [0.25, 0.3) is 11.5 Å². The number of hydrogen-bond donors (Lipinski definition) is 0. The lowest BCUT2D eigenvalue weighted by Gasteiger charge is -2.03. The Kier molecular flexibility index (Phi) is 2.95. The van der Waals surface area contributed by atoms with Gasteiger partial charge in [0.2, 0.25) is 5.89 Å². The molecule has 2 aromatic rings. The maximum absolute atomic E-state index is 5.44. The van der Waals surface area contributed by atoms with Crippen molar-refractivity contribution in [2.75, 3.05) is 7.11 Å². The van der Waals surface area contributed by atoms with Gasteiger partial charge in [-0.25, -0.2) is 4.98 Å². The van der Waals surface area contributed by atoms with Gasteiger partial charge in [0.25, 0.3) is 0 Å². The molecule has 2 rings (SSSR count). The maximum Gasteiger partial charge on any atom is 0.226 e. The largest absolute Gasteiger partial charge is 0.496 e. The van der Waals surface area contributed by atoms with E-state index in [1.807, 2.05) is 25.1 Å². The summed E-state index contributed by atoms with van der Waals surface area (Å²) in [4.78, 5) is 4.17. The Hall–Kier alpha value is -1.04. The van der Waals surface area contributed by atoms with E-state index in [2.05, 4.69) is 27.6 Å². The zero-order chi connectivity index (χ0) is 10.8. The number of methoxy groups -OCH3 is 1. The smallest absolute Gasteiger partial charge is 0.226 e. The third-order valence-electron chi connectivity index (χ3n) is 2.02. The fourth-order valence-electron chi connectivity index (χ4n) is 1.29. The first-order valence-corrected chi connectivity index (χ1v) is 5.55. The van der Waals surface area contributed by atoms with Crippen LogP contribution in [-0.4, -0.2) is 12.1 Å². The van der Waals surface area contributed by atoms with Gasteiger partial charge in [-0.3, -0.25) is 0 Å². The molecular weight excluding hydrogens is 305 g/mol. The number of oxazole rings is 1. The molecule has 3 nitrogen and oxygen atoms in total. The van der Waals surface area contributed by atoms with E-state index in [0.29, 0.717) is 5.89 Å². The molecular formula is C11H10INO2. The normalized spacial score (nSPS) is 10.3. The number of nitrogens with zero attached hydrogens (tertiary/aromatic N) is 1. The van der Waals surface area contributed by atoms with Crippen LogP contribution in [-0.2, 0) is 0 Å². The number of rotatable bonds is 2. The fourth-order valence-corrected chi connectivity index (χ4v) is 2.02. The Balaban J connectivity index is 2.42. The molecule has 15 heavy (non-hydrogen) atoms. The first kappa shape index (κ1) is 10.5. The lowest BCUT2D eigenvalue weighted by Crippen LogP contribution is -1.87. The summed E-state index contributed by atoms with van der Waals surface area (Å²) >= 11 is 2.23. The van der Waals surface area contributed by atoms with Gasteiger partial charge in [0.1, 0.15) is 11.5 Å². The van der Waals surface area contributed by atoms with Crippen molar-refractivity contribution < 1.29 is 9.15 Å². The van der Waals surface area contributed by atoms with E-state index in [0.717, 1.165) is 20.6 Å². The van der Waals surface area contributed by atoms with E-state index < -0.39 is 0 Å². The van der Waals surface area contributed by atoms with E-state index in [9.17, 15) is 0 Å². The first-order valence-electron chi connectivity index (χ1n) is 4.47. The predicted molar refractivity (Wildman–Crippen MR) is 65.9 cm³/mol. The van der Waals surface area contributed by atoms with Crippen LogP contribution in [0.2, 0.25) is 0 Å². The molecule has 0 N–H and O–H groups in total. The number of hydrogen-bond acceptors (Lipinski definition) is 3. The Morgan fingerprint density at radius 1 is 1.40 bits per heavy atom. The number of aromatic nitrogens is 1. The molecule has 4 heteroatoms. The van der Waals surface area contributed by atoms with Gasteiger partial charge in [-0.1, -0.05) is 0 Å². The Bertz CT molecular complexity index is 479. The van der Waals surface area contributed by atoms with Crippen LogP contribution in [0.5, 0.6) is 5.75 Å². The SMILES string of the molecule is COc1ccc(-c2ncc(C)o2)cc1I. The van der Waals surface area contributed by atoms with Crippen LogP contribution in [0.15, 0.2) is 28.8 Å². The van der Waals surface area contributed by atoms with Crippen LogP contribution >= 0.6 is 22.6 Å². The monoisotopic (exact) mass is 315 g/mol. The maximum atomic E-state index is 5.44. The van der Waals surface area contributed by atoms with Gasteiger partial charge in [-0.15, -0.1) is 0 Å². The molecule has 0 unspecified atom stereocenters. The summed E-state index contributed by atoms with van der Waals surface area (Å²) in [6.07, 6.45) is 1.71. The summed E-state index contributed by atoms with van der Waals surface area (Å²) < 4.78 is 11.7. The average Bonchev–Trinajstić information content (AvgIpc) is 2.65. The highest BCUT2D eigenvalue weighted by molar-refractivity contribution is 14.1. The second-order valence-corrected chi connectivity index (χ2v) is 4.29. The molecule has 0 amide bonds. The zero-order valence-corrected chi connectivity index (χ0v) is 10.6. The zero-order valence-electron chi connectivity index (χ0n) is 8.45. The number of benzene rings is 1. The topological polar surface area (TPSA) is 35.3 Å². The van der Waals surface area contributed by atoms with E-state index in [4.69, 9.17) is 9.15 Å².